The zero-order valence-electron chi connectivity index (χ0n) is 13.1. The molecule has 1 saturated carbocycles. The second-order valence-corrected chi connectivity index (χ2v) is 7.05. The second-order valence-electron chi connectivity index (χ2n) is 7.05. The Morgan fingerprint density at radius 3 is 2.30 bits per heavy atom. The van der Waals surface area contributed by atoms with Gasteiger partial charge in [0.1, 0.15) is 0 Å². The molecule has 1 N–H and O–H groups in total. The Morgan fingerprint density at radius 2 is 1.61 bits per heavy atom. The van der Waals surface area contributed by atoms with Gasteiger partial charge < -0.3 is 10.0 Å². The molecule has 0 aromatic heterocycles. The topological polar surface area (TPSA) is 60.9 Å². The number of amides is 2. The average molecular weight is 314 g/mol. The maximum absolute atomic E-state index is 12.4. The van der Waals surface area contributed by atoms with E-state index in [2.05, 4.69) is 4.90 Å². The van der Waals surface area contributed by atoms with Gasteiger partial charge >= 0.3 is 0 Å². The maximum Gasteiger partial charge on any atom is 0.261 e. The molecule has 2 heterocycles. The van der Waals surface area contributed by atoms with Gasteiger partial charge in [0.2, 0.25) is 0 Å². The number of aliphatic hydroxyl groups is 1. The van der Waals surface area contributed by atoms with Crippen molar-refractivity contribution in [2.24, 2.45) is 11.8 Å². The van der Waals surface area contributed by atoms with E-state index in [9.17, 15) is 14.7 Å². The fourth-order valence-electron chi connectivity index (χ4n) is 4.37. The van der Waals surface area contributed by atoms with Crippen molar-refractivity contribution >= 4 is 11.8 Å². The summed E-state index contributed by atoms with van der Waals surface area (Å²) in [6, 6.07) is 7.04. The number of hydrogen-bond donors (Lipinski definition) is 1. The van der Waals surface area contributed by atoms with Crippen LogP contribution in [0.15, 0.2) is 24.3 Å². The molecule has 1 aliphatic carbocycles. The molecular formula is C18H22N2O3. The van der Waals surface area contributed by atoms with Crippen LogP contribution in [0.3, 0.4) is 0 Å². The van der Waals surface area contributed by atoms with E-state index >= 15 is 0 Å². The Kier molecular flexibility index (Phi) is 3.70. The zero-order valence-corrected chi connectivity index (χ0v) is 13.1. The number of nitrogens with zero attached hydrogens (tertiary/aromatic N) is 2. The summed E-state index contributed by atoms with van der Waals surface area (Å²) >= 11 is 0. The van der Waals surface area contributed by atoms with E-state index in [0.717, 1.165) is 38.9 Å². The lowest BCUT2D eigenvalue weighted by Crippen LogP contribution is -2.37. The van der Waals surface area contributed by atoms with Gasteiger partial charge in [-0.05, 0) is 43.2 Å². The van der Waals surface area contributed by atoms with E-state index in [1.807, 2.05) is 0 Å². The highest BCUT2D eigenvalue weighted by Crippen LogP contribution is 2.36. The summed E-state index contributed by atoms with van der Waals surface area (Å²) in [5, 5.41) is 9.80. The minimum Gasteiger partial charge on any atom is -0.393 e. The van der Waals surface area contributed by atoms with Crippen LogP contribution in [0, 0.1) is 11.8 Å². The SMILES string of the molecule is O=C1c2ccccc2C(=O)N1CCN1CC2CCC(O)CC2C1. The van der Waals surface area contributed by atoms with Crippen LogP contribution in [-0.2, 0) is 0 Å². The third-order valence-corrected chi connectivity index (χ3v) is 5.62. The molecular weight excluding hydrogens is 292 g/mol. The lowest BCUT2D eigenvalue weighted by molar-refractivity contribution is 0.0640. The first-order valence-electron chi connectivity index (χ1n) is 8.49. The van der Waals surface area contributed by atoms with Gasteiger partial charge in [-0.3, -0.25) is 14.5 Å². The molecule has 23 heavy (non-hydrogen) atoms. The summed E-state index contributed by atoms with van der Waals surface area (Å²) in [5.41, 5.74) is 1.05. The molecule has 1 aromatic carbocycles. The highest BCUT2D eigenvalue weighted by atomic mass is 16.3. The molecule has 0 spiro atoms. The van der Waals surface area contributed by atoms with Crippen LogP contribution in [0.4, 0.5) is 0 Å². The van der Waals surface area contributed by atoms with E-state index < -0.39 is 0 Å². The molecule has 3 aliphatic rings. The lowest BCUT2D eigenvalue weighted by atomic mass is 9.80. The Hall–Kier alpha value is -1.72. The van der Waals surface area contributed by atoms with Crippen molar-refractivity contribution in [1.29, 1.82) is 0 Å². The number of imide groups is 1. The van der Waals surface area contributed by atoms with Crippen molar-refractivity contribution in [3.63, 3.8) is 0 Å². The summed E-state index contributed by atoms with van der Waals surface area (Å²) in [6.07, 6.45) is 2.75. The summed E-state index contributed by atoms with van der Waals surface area (Å²) in [5.74, 6) is 0.900. The Morgan fingerprint density at radius 1 is 0.957 bits per heavy atom. The molecule has 4 rings (SSSR count). The molecule has 2 amide bonds. The van der Waals surface area contributed by atoms with Gasteiger partial charge in [-0.2, -0.15) is 0 Å². The van der Waals surface area contributed by atoms with Crippen LogP contribution in [0.5, 0.6) is 0 Å². The van der Waals surface area contributed by atoms with Crippen LogP contribution in [-0.4, -0.2) is 59.0 Å². The van der Waals surface area contributed by atoms with Crippen LogP contribution >= 0.6 is 0 Å². The molecule has 0 bridgehead atoms. The number of benzene rings is 1. The van der Waals surface area contributed by atoms with Gasteiger partial charge in [0.05, 0.1) is 17.2 Å². The number of carbonyl (C=O) groups excluding carboxylic acids is 2. The average Bonchev–Trinajstić information content (AvgIpc) is 3.06. The van der Waals surface area contributed by atoms with E-state index in [-0.39, 0.29) is 17.9 Å². The predicted molar refractivity (Wildman–Crippen MR) is 85.1 cm³/mol. The van der Waals surface area contributed by atoms with Crippen LogP contribution < -0.4 is 0 Å². The van der Waals surface area contributed by atoms with Crippen molar-refractivity contribution in [2.75, 3.05) is 26.2 Å². The minimum absolute atomic E-state index is 0.146. The maximum atomic E-state index is 12.4. The van der Waals surface area contributed by atoms with Crippen LogP contribution in [0.1, 0.15) is 40.0 Å². The van der Waals surface area contributed by atoms with Crippen LogP contribution in [0.2, 0.25) is 0 Å². The van der Waals surface area contributed by atoms with Crippen molar-refractivity contribution < 1.29 is 14.7 Å². The number of rotatable bonds is 3. The molecule has 0 radical (unpaired) electrons. The standard InChI is InChI=1S/C18H22N2O3/c21-14-6-5-12-10-19(11-13(12)9-14)7-8-20-17(22)15-3-1-2-4-16(15)18(20)23/h1-4,12-14,21H,5-11H2. The summed E-state index contributed by atoms with van der Waals surface area (Å²) < 4.78 is 0. The van der Waals surface area contributed by atoms with Crippen molar-refractivity contribution in [1.82, 2.24) is 9.80 Å². The Labute approximate surface area is 135 Å². The number of aliphatic hydroxyl groups excluding tert-OH is 1. The highest BCUT2D eigenvalue weighted by Gasteiger charge is 2.39. The number of hydrogen-bond acceptors (Lipinski definition) is 4. The second kappa shape index (κ2) is 5.73. The summed E-state index contributed by atoms with van der Waals surface area (Å²) in [4.78, 5) is 28.4. The molecule has 2 fully saturated rings. The van der Waals surface area contributed by atoms with Gasteiger partial charge in [0.25, 0.3) is 11.8 Å². The predicted octanol–water partition coefficient (Wildman–Crippen LogP) is 1.38. The number of carbonyl (C=O) groups is 2. The van der Waals surface area contributed by atoms with Gasteiger partial charge in [0, 0.05) is 26.2 Å². The molecule has 3 unspecified atom stereocenters. The molecule has 3 atom stereocenters. The molecule has 1 saturated heterocycles. The molecule has 1 aromatic rings. The fourth-order valence-corrected chi connectivity index (χ4v) is 4.37. The van der Waals surface area contributed by atoms with Crippen LogP contribution in [0.25, 0.3) is 0 Å². The molecule has 2 aliphatic heterocycles. The normalized spacial score (nSPS) is 30.7. The van der Waals surface area contributed by atoms with E-state index in [4.69, 9.17) is 0 Å². The third-order valence-electron chi connectivity index (χ3n) is 5.62. The molecule has 5 heteroatoms. The van der Waals surface area contributed by atoms with Crippen molar-refractivity contribution in [3.05, 3.63) is 35.4 Å². The Bertz CT molecular complexity index is 610. The van der Waals surface area contributed by atoms with E-state index in [1.54, 1.807) is 24.3 Å². The zero-order chi connectivity index (χ0) is 16.0. The molecule has 5 nitrogen and oxygen atoms in total. The Balaban J connectivity index is 1.38. The van der Waals surface area contributed by atoms with E-state index in [0.29, 0.717) is 29.5 Å². The van der Waals surface area contributed by atoms with Gasteiger partial charge in [-0.1, -0.05) is 12.1 Å². The third kappa shape index (κ3) is 2.58. The van der Waals surface area contributed by atoms with Gasteiger partial charge in [-0.25, -0.2) is 0 Å². The smallest absolute Gasteiger partial charge is 0.261 e. The van der Waals surface area contributed by atoms with Crippen molar-refractivity contribution in [3.8, 4) is 0 Å². The molecule has 122 valence electrons. The largest absolute Gasteiger partial charge is 0.393 e. The monoisotopic (exact) mass is 314 g/mol. The number of likely N-dealkylation sites (tertiary alicyclic amines) is 1. The fraction of sp³-hybridized carbons (Fsp3) is 0.556. The number of fused-ring (bicyclic) bond motifs is 2. The first-order valence-corrected chi connectivity index (χ1v) is 8.49. The lowest BCUT2D eigenvalue weighted by Gasteiger charge is -2.27. The van der Waals surface area contributed by atoms with Crippen molar-refractivity contribution in [2.45, 2.75) is 25.4 Å². The van der Waals surface area contributed by atoms with Gasteiger partial charge in [0.15, 0.2) is 0 Å². The summed E-state index contributed by atoms with van der Waals surface area (Å²) in [7, 11) is 0. The highest BCUT2D eigenvalue weighted by molar-refractivity contribution is 6.21. The first kappa shape index (κ1) is 14.8. The van der Waals surface area contributed by atoms with E-state index in [1.165, 1.54) is 4.90 Å². The summed E-state index contributed by atoms with van der Waals surface area (Å²) in [6.45, 7) is 3.19. The quantitative estimate of drug-likeness (QED) is 0.856. The first-order chi connectivity index (χ1) is 11.1. The minimum atomic E-state index is -0.169. The van der Waals surface area contributed by atoms with Gasteiger partial charge in [-0.15, -0.1) is 0 Å².